The summed E-state index contributed by atoms with van der Waals surface area (Å²) in [5.41, 5.74) is 0.714. The molecule has 0 saturated heterocycles. The van der Waals surface area contributed by atoms with E-state index in [-0.39, 0.29) is 0 Å². The van der Waals surface area contributed by atoms with E-state index >= 15 is 0 Å². The Morgan fingerprint density at radius 3 is 2.67 bits per heavy atom. The second kappa shape index (κ2) is 5.05. The zero-order valence-electron chi connectivity index (χ0n) is 10.6. The minimum absolute atomic E-state index is 0.293. The maximum Gasteiger partial charge on any atom is 0.416 e. The van der Waals surface area contributed by atoms with Crippen LogP contribution in [0.3, 0.4) is 0 Å². The molecule has 0 atom stereocenters. The number of hydrogen-bond donors (Lipinski definition) is 0. The van der Waals surface area contributed by atoms with Crippen LogP contribution in [0.15, 0.2) is 47.0 Å². The topological polar surface area (TPSA) is 38.9 Å². The summed E-state index contributed by atoms with van der Waals surface area (Å²) in [4.78, 5) is 8.13. The van der Waals surface area contributed by atoms with Crippen molar-refractivity contribution in [1.82, 2.24) is 9.97 Å². The average Bonchev–Trinajstić information content (AvgIpc) is 2.87. The number of pyridine rings is 1. The minimum Gasteiger partial charge on any atom is -0.435 e. The first kappa shape index (κ1) is 13.4. The molecule has 0 aliphatic heterocycles. The minimum atomic E-state index is -4.36. The number of fused-ring (bicyclic) bond motifs is 1. The van der Waals surface area contributed by atoms with Crippen molar-refractivity contribution in [1.29, 1.82) is 0 Å². The zero-order valence-corrected chi connectivity index (χ0v) is 10.6. The number of nitrogens with zero attached hydrogens (tertiary/aromatic N) is 2. The lowest BCUT2D eigenvalue weighted by molar-refractivity contribution is -0.137. The van der Waals surface area contributed by atoms with Crippen molar-refractivity contribution in [2.75, 3.05) is 0 Å². The largest absolute Gasteiger partial charge is 0.435 e. The number of alkyl halides is 3. The molecule has 0 unspecified atom stereocenters. The van der Waals surface area contributed by atoms with Crippen molar-refractivity contribution in [3.8, 4) is 0 Å². The maximum absolute atomic E-state index is 12.6. The SMILES string of the molecule is FC(F)(F)c1cccc(/C=C\c2nc3ncccc3o2)c1. The molecule has 21 heavy (non-hydrogen) atoms. The molecule has 0 bridgehead atoms. The van der Waals surface area contributed by atoms with E-state index in [0.29, 0.717) is 22.7 Å². The summed E-state index contributed by atoms with van der Waals surface area (Å²) in [6, 6.07) is 8.46. The number of hydrogen-bond acceptors (Lipinski definition) is 3. The third-order valence-corrected chi connectivity index (χ3v) is 2.81. The highest BCUT2D eigenvalue weighted by atomic mass is 19.4. The van der Waals surface area contributed by atoms with Crippen LogP contribution in [-0.4, -0.2) is 9.97 Å². The van der Waals surface area contributed by atoms with Gasteiger partial charge >= 0.3 is 6.18 Å². The third kappa shape index (κ3) is 2.94. The van der Waals surface area contributed by atoms with Crippen molar-refractivity contribution in [2.24, 2.45) is 0 Å². The van der Waals surface area contributed by atoms with Crippen molar-refractivity contribution in [2.45, 2.75) is 6.18 Å². The highest BCUT2D eigenvalue weighted by molar-refractivity contribution is 5.72. The van der Waals surface area contributed by atoms with Crippen LogP contribution in [0, 0.1) is 0 Å². The number of oxazole rings is 1. The lowest BCUT2D eigenvalue weighted by Crippen LogP contribution is -2.04. The van der Waals surface area contributed by atoms with Gasteiger partial charge in [0.1, 0.15) is 0 Å². The van der Waals surface area contributed by atoms with Gasteiger partial charge in [0.05, 0.1) is 5.56 Å². The van der Waals surface area contributed by atoms with Gasteiger partial charge in [-0.3, -0.25) is 0 Å². The predicted octanol–water partition coefficient (Wildman–Crippen LogP) is 4.41. The molecule has 1 aromatic carbocycles. The van der Waals surface area contributed by atoms with Gasteiger partial charge in [-0.05, 0) is 35.9 Å². The van der Waals surface area contributed by atoms with Crippen LogP contribution in [0.2, 0.25) is 0 Å². The van der Waals surface area contributed by atoms with E-state index in [1.54, 1.807) is 24.4 Å². The second-order valence-electron chi connectivity index (χ2n) is 4.33. The molecule has 3 aromatic rings. The molecular formula is C15H9F3N2O. The van der Waals surface area contributed by atoms with E-state index in [0.717, 1.165) is 12.1 Å². The van der Waals surface area contributed by atoms with Gasteiger partial charge in [-0.25, -0.2) is 4.98 Å². The van der Waals surface area contributed by atoms with Gasteiger partial charge in [-0.1, -0.05) is 12.1 Å². The Kier molecular flexibility index (Phi) is 3.21. The summed E-state index contributed by atoms with van der Waals surface area (Å²) in [5.74, 6) is 0.293. The Morgan fingerprint density at radius 2 is 1.90 bits per heavy atom. The highest BCUT2D eigenvalue weighted by Crippen LogP contribution is 2.29. The molecule has 3 rings (SSSR count). The molecule has 0 aliphatic rings. The Labute approximate surface area is 117 Å². The fourth-order valence-corrected chi connectivity index (χ4v) is 1.84. The molecule has 0 radical (unpaired) electrons. The third-order valence-electron chi connectivity index (χ3n) is 2.81. The number of aromatic nitrogens is 2. The van der Waals surface area contributed by atoms with Crippen LogP contribution in [0.5, 0.6) is 0 Å². The lowest BCUT2D eigenvalue weighted by Gasteiger charge is -2.06. The van der Waals surface area contributed by atoms with Crippen molar-refractivity contribution in [3.05, 3.63) is 59.6 Å². The van der Waals surface area contributed by atoms with Gasteiger partial charge in [0.15, 0.2) is 11.2 Å². The molecule has 3 nitrogen and oxygen atoms in total. The summed E-state index contributed by atoms with van der Waals surface area (Å²) < 4.78 is 43.2. The van der Waals surface area contributed by atoms with Crippen molar-refractivity contribution >= 4 is 23.4 Å². The molecule has 2 heterocycles. The summed E-state index contributed by atoms with van der Waals surface area (Å²) >= 11 is 0. The first-order chi connectivity index (χ1) is 10.0. The summed E-state index contributed by atoms with van der Waals surface area (Å²) in [5, 5.41) is 0. The predicted molar refractivity (Wildman–Crippen MR) is 72.2 cm³/mol. The number of halogens is 3. The molecule has 6 heteroatoms. The van der Waals surface area contributed by atoms with Crippen LogP contribution in [0.4, 0.5) is 13.2 Å². The summed E-state index contributed by atoms with van der Waals surface area (Å²) in [6.07, 6.45) is 0.258. The van der Waals surface area contributed by atoms with E-state index in [9.17, 15) is 13.2 Å². The number of rotatable bonds is 2. The van der Waals surface area contributed by atoms with E-state index in [1.807, 2.05) is 0 Å². The average molecular weight is 290 g/mol. The Hall–Kier alpha value is -2.63. The molecule has 0 saturated carbocycles. The smallest absolute Gasteiger partial charge is 0.416 e. The molecule has 2 aromatic heterocycles. The van der Waals surface area contributed by atoms with Crippen LogP contribution < -0.4 is 0 Å². The van der Waals surface area contributed by atoms with Gasteiger partial charge in [-0.2, -0.15) is 18.2 Å². The van der Waals surface area contributed by atoms with E-state index in [4.69, 9.17) is 4.42 Å². The molecule has 0 amide bonds. The fraction of sp³-hybridized carbons (Fsp3) is 0.0667. The molecule has 0 fully saturated rings. The second-order valence-corrected chi connectivity index (χ2v) is 4.33. The van der Waals surface area contributed by atoms with Crippen LogP contribution in [0.25, 0.3) is 23.4 Å². The van der Waals surface area contributed by atoms with Crippen molar-refractivity contribution < 1.29 is 17.6 Å². The Balaban J connectivity index is 1.89. The van der Waals surface area contributed by atoms with E-state index in [2.05, 4.69) is 9.97 Å². The van der Waals surface area contributed by atoms with Gasteiger partial charge < -0.3 is 4.42 Å². The molecule has 0 N–H and O–H groups in total. The van der Waals surface area contributed by atoms with Gasteiger partial charge in [0.25, 0.3) is 0 Å². The van der Waals surface area contributed by atoms with E-state index in [1.165, 1.54) is 18.2 Å². The summed E-state index contributed by atoms with van der Waals surface area (Å²) in [6.45, 7) is 0. The summed E-state index contributed by atoms with van der Waals surface area (Å²) in [7, 11) is 0. The van der Waals surface area contributed by atoms with Gasteiger partial charge in [-0.15, -0.1) is 0 Å². The van der Waals surface area contributed by atoms with Crippen LogP contribution in [0.1, 0.15) is 17.0 Å². The van der Waals surface area contributed by atoms with Gasteiger partial charge in [0, 0.05) is 12.3 Å². The first-order valence-corrected chi connectivity index (χ1v) is 6.09. The quantitative estimate of drug-likeness (QED) is 0.701. The molecular weight excluding hydrogens is 281 g/mol. The van der Waals surface area contributed by atoms with Crippen molar-refractivity contribution in [3.63, 3.8) is 0 Å². The van der Waals surface area contributed by atoms with Gasteiger partial charge in [0.2, 0.25) is 5.89 Å². The van der Waals surface area contributed by atoms with E-state index < -0.39 is 11.7 Å². The normalized spacial score (nSPS) is 12.3. The fourth-order valence-electron chi connectivity index (χ4n) is 1.84. The van der Waals surface area contributed by atoms with Crippen LogP contribution in [-0.2, 0) is 6.18 Å². The Bertz CT molecular complexity index is 773. The molecule has 106 valence electrons. The monoisotopic (exact) mass is 290 g/mol. The standard InChI is InChI=1S/C15H9F3N2O/c16-15(17,18)11-4-1-3-10(9-11)6-7-13-20-14-12(21-13)5-2-8-19-14/h1-9H/b7-6-. The number of benzene rings is 1. The highest BCUT2D eigenvalue weighted by Gasteiger charge is 2.30. The lowest BCUT2D eigenvalue weighted by atomic mass is 10.1. The molecule has 0 aliphatic carbocycles. The first-order valence-electron chi connectivity index (χ1n) is 6.09. The van der Waals surface area contributed by atoms with Crippen LogP contribution >= 0.6 is 0 Å². The molecule has 0 spiro atoms. The Morgan fingerprint density at radius 1 is 1.05 bits per heavy atom. The maximum atomic E-state index is 12.6. The zero-order chi connectivity index (χ0) is 14.9.